The Morgan fingerprint density at radius 1 is 1.09 bits per heavy atom. The fraction of sp³-hybridized carbons (Fsp3) is 0.308. The molecule has 35 heavy (non-hydrogen) atoms. The van der Waals surface area contributed by atoms with Gasteiger partial charge in [-0.15, -0.1) is 0 Å². The number of nitrogens with zero attached hydrogens (tertiary/aromatic N) is 2. The highest BCUT2D eigenvalue weighted by molar-refractivity contribution is 5.96. The highest BCUT2D eigenvalue weighted by Crippen LogP contribution is 2.44. The number of carbonyl (C=O) groups is 3. The van der Waals surface area contributed by atoms with E-state index >= 15 is 0 Å². The standard InChI is InChI=1S/C26H26N4O5/c1-30-21(24(31)28-23(25(32)33)15-7-6-8-15)13-22(29-30)27-26(34)35-14-20-18-11-4-2-9-16(18)17-10-3-5-12-19(17)20/h2-5,9-13,15,20,23H,6-8,14H2,1H3,(H,28,31)(H,32,33)(H,27,29,34). The lowest BCUT2D eigenvalue weighted by Crippen LogP contribution is -2.48. The van der Waals surface area contributed by atoms with Gasteiger partial charge in [0.05, 0.1) is 0 Å². The van der Waals surface area contributed by atoms with Crippen molar-refractivity contribution in [2.24, 2.45) is 13.0 Å². The zero-order chi connectivity index (χ0) is 24.5. The Morgan fingerprint density at radius 3 is 2.29 bits per heavy atom. The second kappa shape index (κ2) is 9.25. The Morgan fingerprint density at radius 2 is 1.71 bits per heavy atom. The molecule has 3 N–H and O–H groups in total. The van der Waals surface area contributed by atoms with Crippen molar-refractivity contribution < 1.29 is 24.2 Å². The van der Waals surface area contributed by atoms with Crippen LogP contribution in [0, 0.1) is 5.92 Å². The molecule has 2 amide bonds. The highest BCUT2D eigenvalue weighted by Gasteiger charge is 2.34. The Balaban J connectivity index is 1.22. The number of anilines is 1. The molecular formula is C26H26N4O5. The van der Waals surface area contributed by atoms with Gasteiger partial charge in [-0.2, -0.15) is 5.10 Å². The molecule has 1 heterocycles. The van der Waals surface area contributed by atoms with E-state index in [9.17, 15) is 19.5 Å². The zero-order valence-electron chi connectivity index (χ0n) is 19.2. The van der Waals surface area contributed by atoms with Crippen LogP contribution in [0.1, 0.15) is 46.8 Å². The van der Waals surface area contributed by atoms with Crippen molar-refractivity contribution >= 4 is 23.8 Å². The van der Waals surface area contributed by atoms with Crippen LogP contribution >= 0.6 is 0 Å². The molecule has 0 radical (unpaired) electrons. The van der Waals surface area contributed by atoms with Crippen LogP contribution in [0.5, 0.6) is 0 Å². The quantitative estimate of drug-likeness (QED) is 0.479. The molecule has 5 rings (SSSR count). The SMILES string of the molecule is Cn1nc(NC(=O)OCC2c3ccccc3-c3ccccc32)cc1C(=O)NC(C(=O)O)C1CCC1. The number of ether oxygens (including phenoxy) is 1. The molecule has 1 unspecified atom stereocenters. The first-order valence-corrected chi connectivity index (χ1v) is 11.6. The smallest absolute Gasteiger partial charge is 0.412 e. The number of aromatic nitrogens is 2. The largest absolute Gasteiger partial charge is 0.480 e. The van der Waals surface area contributed by atoms with Gasteiger partial charge in [0.2, 0.25) is 0 Å². The minimum Gasteiger partial charge on any atom is -0.480 e. The Labute approximate surface area is 202 Å². The van der Waals surface area contributed by atoms with Crippen LogP contribution in [0.25, 0.3) is 11.1 Å². The fourth-order valence-electron chi connectivity index (χ4n) is 4.85. The van der Waals surface area contributed by atoms with Crippen LogP contribution in [0.2, 0.25) is 0 Å². The summed E-state index contributed by atoms with van der Waals surface area (Å²) in [5.74, 6) is -1.60. The number of amides is 2. The molecule has 2 aromatic carbocycles. The molecule has 1 atom stereocenters. The third kappa shape index (κ3) is 4.37. The maximum Gasteiger partial charge on any atom is 0.412 e. The van der Waals surface area contributed by atoms with Crippen molar-refractivity contribution in [3.63, 3.8) is 0 Å². The maximum atomic E-state index is 12.7. The van der Waals surface area contributed by atoms with Crippen LogP contribution in [0.15, 0.2) is 54.6 Å². The van der Waals surface area contributed by atoms with Crippen molar-refractivity contribution in [2.45, 2.75) is 31.2 Å². The number of carbonyl (C=O) groups excluding carboxylic acids is 2. The van der Waals surface area contributed by atoms with Crippen LogP contribution in [0.4, 0.5) is 10.6 Å². The molecule has 0 spiro atoms. The molecule has 3 aromatic rings. The number of carboxylic acids is 1. The third-order valence-corrected chi connectivity index (χ3v) is 6.86. The number of aliphatic carboxylic acids is 1. The first kappa shape index (κ1) is 22.6. The summed E-state index contributed by atoms with van der Waals surface area (Å²) >= 11 is 0. The average molecular weight is 475 g/mol. The van der Waals surface area contributed by atoms with E-state index in [0.29, 0.717) is 0 Å². The van der Waals surface area contributed by atoms with Gasteiger partial charge in [0.15, 0.2) is 5.82 Å². The number of hydrogen-bond acceptors (Lipinski definition) is 5. The lowest BCUT2D eigenvalue weighted by molar-refractivity contribution is -0.141. The van der Waals surface area contributed by atoms with Crippen molar-refractivity contribution in [1.29, 1.82) is 0 Å². The van der Waals surface area contributed by atoms with Crippen molar-refractivity contribution in [2.75, 3.05) is 11.9 Å². The number of carboxylic acid groups (broad SMARTS) is 1. The molecule has 2 aliphatic carbocycles. The van der Waals surface area contributed by atoms with E-state index in [1.807, 2.05) is 36.4 Å². The molecule has 0 bridgehead atoms. The van der Waals surface area contributed by atoms with E-state index in [1.165, 1.54) is 10.7 Å². The molecule has 1 aromatic heterocycles. The van der Waals surface area contributed by atoms with E-state index in [-0.39, 0.29) is 30.0 Å². The molecule has 0 aliphatic heterocycles. The summed E-state index contributed by atoms with van der Waals surface area (Å²) in [6.07, 6.45) is 1.83. The summed E-state index contributed by atoms with van der Waals surface area (Å²) < 4.78 is 6.82. The number of benzene rings is 2. The Hall–Kier alpha value is -4.14. The summed E-state index contributed by atoms with van der Waals surface area (Å²) in [5, 5.41) is 18.8. The predicted octanol–water partition coefficient (Wildman–Crippen LogP) is 3.76. The van der Waals surface area contributed by atoms with Gasteiger partial charge in [0, 0.05) is 19.0 Å². The fourth-order valence-corrected chi connectivity index (χ4v) is 4.85. The number of nitrogens with one attached hydrogen (secondary N) is 2. The van der Waals surface area contributed by atoms with Crippen LogP contribution in [-0.2, 0) is 16.6 Å². The Bertz CT molecular complexity index is 1250. The van der Waals surface area contributed by atoms with Crippen molar-refractivity contribution in [3.05, 3.63) is 71.4 Å². The lowest BCUT2D eigenvalue weighted by Gasteiger charge is -2.31. The average Bonchev–Trinajstić information content (AvgIpc) is 3.33. The topological polar surface area (TPSA) is 123 Å². The number of hydrogen-bond donors (Lipinski definition) is 3. The second-order valence-electron chi connectivity index (χ2n) is 8.97. The highest BCUT2D eigenvalue weighted by atomic mass is 16.5. The van der Waals surface area contributed by atoms with Gasteiger partial charge in [-0.1, -0.05) is 55.0 Å². The first-order valence-electron chi connectivity index (χ1n) is 11.6. The molecule has 1 saturated carbocycles. The van der Waals surface area contributed by atoms with Crippen molar-refractivity contribution in [3.8, 4) is 11.1 Å². The molecular weight excluding hydrogens is 448 g/mol. The predicted molar refractivity (Wildman–Crippen MR) is 128 cm³/mol. The van der Waals surface area contributed by atoms with Gasteiger partial charge in [-0.05, 0) is 41.0 Å². The summed E-state index contributed by atoms with van der Waals surface area (Å²) in [6, 6.07) is 16.6. The first-order chi connectivity index (χ1) is 16.9. The Kier molecular flexibility index (Phi) is 5.98. The van der Waals surface area contributed by atoms with E-state index in [2.05, 4.69) is 27.9 Å². The number of rotatable bonds is 7. The number of fused-ring (bicyclic) bond motifs is 3. The van der Waals surface area contributed by atoms with E-state index in [4.69, 9.17) is 4.74 Å². The van der Waals surface area contributed by atoms with Gasteiger partial charge < -0.3 is 15.2 Å². The van der Waals surface area contributed by atoms with Gasteiger partial charge in [0.25, 0.3) is 5.91 Å². The monoisotopic (exact) mass is 474 g/mol. The second-order valence-corrected chi connectivity index (χ2v) is 8.97. The van der Waals surface area contributed by atoms with Crippen molar-refractivity contribution in [1.82, 2.24) is 15.1 Å². The normalized spacial score (nSPS) is 15.5. The van der Waals surface area contributed by atoms with Crippen LogP contribution in [-0.4, -0.2) is 45.5 Å². The van der Waals surface area contributed by atoms with Gasteiger partial charge in [-0.25, -0.2) is 9.59 Å². The van der Waals surface area contributed by atoms with Gasteiger partial charge in [0.1, 0.15) is 18.3 Å². The van der Waals surface area contributed by atoms with E-state index in [0.717, 1.165) is 41.5 Å². The summed E-state index contributed by atoms with van der Waals surface area (Å²) in [5.41, 5.74) is 4.64. The summed E-state index contributed by atoms with van der Waals surface area (Å²) in [7, 11) is 1.55. The summed E-state index contributed by atoms with van der Waals surface area (Å²) in [6.45, 7) is 0.154. The summed E-state index contributed by atoms with van der Waals surface area (Å²) in [4.78, 5) is 36.8. The number of aryl methyl sites for hydroxylation is 1. The zero-order valence-corrected chi connectivity index (χ0v) is 19.2. The minimum absolute atomic E-state index is 0.0666. The van der Waals surface area contributed by atoms with E-state index < -0.39 is 24.0 Å². The molecule has 9 heteroatoms. The minimum atomic E-state index is -1.05. The van der Waals surface area contributed by atoms with E-state index in [1.54, 1.807) is 7.05 Å². The molecule has 0 saturated heterocycles. The van der Waals surface area contributed by atoms with Crippen LogP contribution < -0.4 is 10.6 Å². The van der Waals surface area contributed by atoms with Gasteiger partial charge >= 0.3 is 12.1 Å². The van der Waals surface area contributed by atoms with Gasteiger partial charge in [-0.3, -0.25) is 14.8 Å². The lowest BCUT2D eigenvalue weighted by atomic mass is 9.79. The van der Waals surface area contributed by atoms with Crippen LogP contribution in [0.3, 0.4) is 0 Å². The molecule has 180 valence electrons. The third-order valence-electron chi connectivity index (χ3n) is 6.86. The molecule has 1 fully saturated rings. The molecule has 9 nitrogen and oxygen atoms in total. The maximum absolute atomic E-state index is 12.7. The molecule has 2 aliphatic rings.